The van der Waals surface area contributed by atoms with Crippen LogP contribution in [-0.4, -0.2) is 31.5 Å². The van der Waals surface area contributed by atoms with E-state index in [2.05, 4.69) is 82.0 Å². The predicted octanol–water partition coefficient (Wildman–Crippen LogP) is 8.07. The minimum Gasteiger partial charge on any atom is -0.381 e. The number of pyridine rings is 2. The summed E-state index contributed by atoms with van der Waals surface area (Å²) >= 11 is 0. The van der Waals surface area contributed by atoms with Gasteiger partial charge in [-0.05, 0) is 53.1 Å². The molecule has 0 saturated carbocycles. The summed E-state index contributed by atoms with van der Waals surface area (Å²) in [5, 5.41) is 5.40. The Kier molecular flexibility index (Phi) is 5.74. The van der Waals surface area contributed by atoms with Crippen molar-refractivity contribution in [2.45, 2.75) is 0 Å². The summed E-state index contributed by atoms with van der Waals surface area (Å²) in [7, 11) is 0. The van der Waals surface area contributed by atoms with Crippen LogP contribution in [0.15, 0.2) is 122 Å². The first-order valence-electron chi connectivity index (χ1n) is 13.9. The smallest absolute Gasteiger partial charge is 0.164 e. The number of fused-ring (bicyclic) bond motifs is 3. The van der Waals surface area contributed by atoms with Gasteiger partial charge in [0.25, 0.3) is 0 Å². The SMILES string of the molecule is C1=Cc2cc(-c3ccc(-c4nc(-c5cccc6ncccc56)nc(-c5cccc6ncccc56)n4)cc3)ccc2NC1. The normalized spacial score (nSPS) is 12.3. The summed E-state index contributed by atoms with van der Waals surface area (Å²) < 4.78 is 0. The highest BCUT2D eigenvalue weighted by Gasteiger charge is 2.16. The zero-order valence-electron chi connectivity index (χ0n) is 22.6. The third kappa shape index (κ3) is 4.26. The first-order valence-corrected chi connectivity index (χ1v) is 13.9. The highest BCUT2D eigenvalue weighted by molar-refractivity contribution is 5.95. The van der Waals surface area contributed by atoms with E-state index in [1.165, 1.54) is 5.56 Å². The van der Waals surface area contributed by atoms with E-state index < -0.39 is 0 Å². The molecule has 0 saturated heterocycles. The molecule has 0 fully saturated rings. The number of aromatic nitrogens is 5. The van der Waals surface area contributed by atoms with Gasteiger partial charge in [-0.1, -0.05) is 78.9 Å². The summed E-state index contributed by atoms with van der Waals surface area (Å²) in [6.45, 7) is 0.863. The van der Waals surface area contributed by atoms with Crippen LogP contribution in [0.3, 0.4) is 0 Å². The molecule has 1 aliphatic rings. The first-order chi connectivity index (χ1) is 20.8. The average molecular weight is 541 g/mol. The van der Waals surface area contributed by atoms with E-state index in [9.17, 15) is 0 Å². The van der Waals surface area contributed by atoms with Gasteiger partial charge < -0.3 is 5.32 Å². The molecule has 0 radical (unpaired) electrons. The molecule has 0 spiro atoms. The first kappa shape index (κ1) is 24.1. The minimum atomic E-state index is 0.604. The zero-order valence-corrected chi connectivity index (χ0v) is 22.6. The topological polar surface area (TPSA) is 76.5 Å². The van der Waals surface area contributed by atoms with Gasteiger partial charge in [0, 0.05) is 52.1 Å². The van der Waals surface area contributed by atoms with Gasteiger partial charge in [0.1, 0.15) is 0 Å². The fourth-order valence-electron chi connectivity index (χ4n) is 5.55. The van der Waals surface area contributed by atoms with Crippen LogP contribution in [-0.2, 0) is 0 Å². The van der Waals surface area contributed by atoms with Gasteiger partial charge in [-0.2, -0.15) is 0 Å². The number of benzene rings is 4. The summed E-state index contributed by atoms with van der Waals surface area (Å²) in [6, 6.07) is 35.0. The van der Waals surface area contributed by atoms with Gasteiger partial charge >= 0.3 is 0 Å². The van der Waals surface area contributed by atoms with E-state index >= 15 is 0 Å². The van der Waals surface area contributed by atoms with Crippen LogP contribution in [0, 0.1) is 0 Å². The van der Waals surface area contributed by atoms with Crippen LogP contribution in [0.5, 0.6) is 0 Å². The van der Waals surface area contributed by atoms with Gasteiger partial charge in [0.15, 0.2) is 17.5 Å². The van der Waals surface area contributed by atoms with Gasteiger partial charge in [-0.25, -0.2) is 15.0 Å². The van der Waals surface area contributed by atoms with E-state index in [-0.39, 0.29) is 0 Å². The van der Waals surface area contributed by atoms with E-state index in [1.54, 1.807) is 12.4 Å². The second-order valence-corrected chi connectivity index (χ2v) is 10.2. The molecule has 1 N–H and O–H groups in total. The molecule has 198 valence electrons. The standard InChI is InChI=1S/C36H24N6/c1-7-29(27-9-4-20-38-32(27)11-1)35-40-34(41-36(42-35)30-8-2-12-33-28(30)10-5-21-39-33)24-15-13-23(14-16-24)25-17-18-31-26(22-25)6-3-19-37-31/h1-18,20-22,37H,19H2. The highest BCUT2D eigenvalue weighted by Crippen LogP contribution is 2.33. The van der Waals surface area contributed by atoms with Crippen molar-refractivity contribution < 1.29 is 0 Å². The van der Waals surface area contributed by atoms with Crippen LogP contribution in [0.4, 0.5) is 5.69 Å². The molecule has 1 aliphatic heterocycles. The van der Waals surface area contributed by atoms with Crippen LogP contribution in [0.2, 0.25) is 0 Å². The maximum absolute atomic E-state index is 5.02. The van der Waals surface area contributed by atoms with Crippen LogP contribution < -0.4 is 5.32 Å². The molecular formula is C36H24N6. The number of nitrogens with one attached hydrogen (secondary N) is 1. The molecule has 0 bridgehead atoms. The summed E-state index contributed by atoms with van der Waals surface area (Å²) in [5.74, 6) is 1.82. The lowest BCUT2D eigenvalue weighted by atomic mass is 9.99. The average Bonchev–Trinajstić information content (AvgIpc) is 3.07. The molecule has 4 aromatic carbocycles. The van der Waals surface area contributed by atoms with Gasteiger partial charge in [0.2, 0.25) is 0 Å². The fraction of sp³-hybridized carbons (Fsp3) is 0.0278. The zero-order chi connectivity index (χ0) is 27.9. The van der Waals surface area contributed by atoms with Crippen molar-refractivity contribution >= 4 is 33.6 Å². The largest absolute Gasteiger partial charge is 0.381 e. The third-order valence-corrected chi connectivity index (χ3v) is 7.64. The molecule has 0 aliphatic carbocycles. The number of rotatable bonds is 4. The molecular weight excluding hydrogens is 516 g/mol. The Hall–Kier alpha value is -5.75. The molecule has 8 rings (SSSR count). The lowest BCUT2D eigenvalue weighted by Crippen LogP contribution is -2.04. The Morgan fingerprint density at radius 2 is 1.12 bits per heavy atom. The molecule has 4 heterocycles. The number of anilines is 1. The fourth-order valence-corrected chi connectivity index (χ4v) is 5.55. The molecule has 0 unspecified atom stereocenters. The molecule has 0 atom stereocenters. The molecule has 7 aromatic rings. The van der Waals surface area contributed by atoms with E-state index in [0.29, 0.717) is 17.5 Å². The van der Waals surface area contributed by atoms with Crippen molar-refractivity contribution in [3.8, 4) is 45.3 Å². The van der Waals surface area contributed by atoms with Crippen molar-refractivity contribution in [2.24, 2.45) is 0 Å². The second-order valence-electron chi connectivity index (χ2n) is 10.2. The quantitative estimate of drug-likeness (QED) is 0.243. The van der Waals surface area contributed by atoms with Crippen molar-refractivity contribution in [3.63, 3.8) is 0 Å². The van der Waals surface area contributed by atoms with E-state index in [0.717, 1.165) is 61.9 Å². The van der Waals surface area contributed by atoms with E-state index in [1.807, 2.05) is 48.5 Å². The van der Waals surface area contributed by atoms with Gasteiger partial charge in [-0.15, -0.1) is 0 Å². The van der Waals surface area contributed by atoms with Crippen LogP contribution in [0.1, 0.15) is 5.56 Å². The maximum atomic E-state index is 5.02. The highest BCUT2D eigenvalue weighted by atomic mass is 15.0. The van der Waals surface area contributed by atoms with Gasteiger partial charge in [-0.3, -0.25) is 9.97 Å². The summed E-state index contributed by atoms with van der Waals surface area (Å²) in [5.41, 5.74) is 9.19. The Bertz CT molecular complexity index is 2040. The number of hydrogen-bond acceptors (Lipinski definition) is 6. The molecule has 3 aromatic heterocycles. The summed E-state index contributed by atoms with van der Waals surface area (Å²) in [6.07, 6.45) is 7.92. The van der Waals surface area contributed by atoms with Crippen LogP contribution >= 0.6 is 0 Å². The van der Waals surface area contributed by atoms with E-state index in [4.69, 9.17) is 15.0 Å². The Morgan fingerprint density at radius 1 is 0.524 bits per heavy atom. The molecule has 0 amide bonds. The minimum absolute atomic E-state index is 0.604. The maximum Gasteiger partial charge on any atom is 0.164 e. The Labute approximate surface area is 242 Å². The van der Waals surface area contributed by atoms with Crippen LogP contribution in [0.25, 0.3) is 73.2 Å². The molecule has 6 heteroatoms. The Morgan fingerprint density at radius 3 is 1.79 bits per heavy atom. The third-order valence-electron chi connectivity index (χ3n) is 7.64. The molecule has 42 heavy (non-hydrogen) atoms. The second kappa shape index (κ2) is 10.0. The lowest BCUT2D eigenvalue weighted by molar-refractivity contribution is 1.08. The van der Waals surface area contributed by atoms with Gasteiger partial charge in [0.05, 0.1) is 11.0 Å². The van der Waals surface area contributed by atoms with Crippen molar-refractivity contribution in [1.29, 1.82) is 0 Å². The number of nitrogens with zero attached hydrogens (tertiary/aromatic N) is 5. The monoisotopic (exact) mass is 540 g/mol. The van der Waals surface area contributed by atoms with Crippen molar-refractivity contribution in [3.05, 3.63) is 127 Å². The molecule has 6 nitrogen and oxygen atoms in total. The lowest BCUT2D eigenvalue weighted by Gasteiger charge is -2.14. The van der Waals surface area contributed by atoms with Crippen molar-refractivity contribution in [2.75, 3.05) is 11.9 Å². The Balaban J connectivity index is 1.28. The number of hydrogen-bond donors (Lipinski definition) is 1. The van der Waals surface area contributed by atoms with Crippen molar-refractivity contribution in [1.82, 2.24) is 24.9 Å². The predicted molar refractivity (Wildman–Crippen MR) is 170 cm³/mol. The summed E-state index contributed by atoms with van der Waals surface area (Å²) in [4.78, 5) is 24.1.